The van der Waals surface area contributed by atoms with Crippen molar-refractivity contribution in [3.8, 4) is 0 Å². The van der Waals surface area contributed by atoms with Crippen molar-refractivity contribution in [3.05, 3.63) is 24.3 Å². The second kappa shape index (κ2) is 3.96. The smallest absolute Gasteiger partial charge is 0.330 e. The first-order valence-electron chi connectivity index (χ1n) is 3.80. The average Bonchev–Trinajstić information content (AvgIpc) is 2.52. The highest BCUT2D eigenvalue weighted by molar-refractivity contribution is 5.81. The van der Waals surface area contributed by atoms with Gasteiger partial charge in [-0.15, -0.1) is 0 Å². The number of esters is 1. The Bertz CT molecular complexity index is 192. The Balaban J connectivity index is 2.21. The average molecular weight is 152 g/mol. The van der Waals surface area contributed by atoms with Crippen LogP contribution in [-0.2, 0) is 9.53 Å². The highest BCUT2D eigenvalue weighted by atomic mass is 16.5. The lowest BCUT2D eigenvalue weighted by Gasteiger charge is -2.00. The molecule has 0 aliphatic heterocycles. The number of carbonyl (C=O) groups is 1. The summed E-state index contributed by atoms with van der Waals surface area (Å²) in [5.74, 6) is -0.335. The van der Waals surface area contributed by atoms with Crippen LogP contribution in [0.4, 0.5) is 0 Å². The normalized spacial score (nSPS) is 15.8. The standard InChI is InChI=1S/C9H12O2/c1-2-9(10)11-7-8-5-3-4-6-8/h2,5H,1,3-4,6-7H2. The van der Waals surface area contributed by atoms with Crippen LogP contribution in [-0.4, -0.2) is 12.6 Å². The Hall–Kier alpha value is -1.05. The van der Waals surface area contributed by atoms with E-state index in [4.69, 9.17) is 4.74 Å². The number of rotatable bonds is 3. The van der Waals surface area contributed by atoms with Crippen LogP contribution in [0, 0.1) is 0 Å². The van der Waals surface area contributed by atoms with Crippen LogP contribution in [0.1, 0.15) is 19.3 Å². The van der Waals surface area contributed by atoms with Crippen molar-refractivity contribution >= 4 is 5.97 Å². The summed E-state index contributed by atoms with van der Waals surface area (Å²) in [6.45, 7) is 3.76. The SMILES string of the molecule is C=CC(=O)OCC1=CCCC1. The van der Waals surface area contributed by atoms with E-state index in [1.165, 1.54) is 18.1 Å². The summed E-state index contributed by atoms with van der Waals surface area (Å²) in [5, 5.41) is 0. The summed E-state index contributed by atoms with van der Waals surface area (Å²) in [7, 11) is 0. The molecule has 1 aliphatic rings. The van der Waals surface area contributed by atoms with Crippen LogP contribution in [0.3, 0.4) is 0 Å². The van der Waals surface area contributed by atoms with Crippen LogP contribution >= 0.6 is 0 Å². The second-order valence-electron chi connectivity index (χ2n) is 2.57. The van der Waals surface area contributed by atoms with Crippen molar-refractivity contribution in [2.45, 2.75) is 19.3 Å². The molecule has 0 bridgehead atoms. The molecule has 1 rings (SSSR count). The molecule has 2 heteroatoms. The molecule has 0 spiro atoms. The lowest BCUT2D eigenvalue weighted by Crippen LogP contribution is -2.02. The number of hydrogen-bond donors (Lipinski definition) is 0. The van der Waals surface area contributed by atoms with E-state index >= 15 is 0 Å². The highest BCUT2D eigenvalue weighted by Crippen LogP contribution is 2.17. The largest absolute Gasteiger partial charge is 0.458 e. The molecule has 0 aromatic carbocycles. The maximum atomic E-state index is 10.6. The van der Waals surface area contributed by atoms with Crippen LogP contribution in [0.15, 0.2) is 24.3 Å². The number of hydrogen-bond acceptors (Lipinski definition) is 2. The Morgan fingerprint density at radius 1 is 1.82 bits per heavy atom. The minimum Gasteiger partial charge on any atom is -0.458 e. The van der Waals surface area contributed by atoms with E-state index in [1.54, 1.807) is 0 Å². The molecule has 0 saturated heterocycles. The van der Waals surface area contributed by atoms with Crippen molar-refractivity contribution in [2.24, 2.45) is 0 Å². The summed E-state index contributed by atoms with van der Waals surface area (Å²) >= 11 is 0. The lowest BCUT2D eigenvalue weighted by atomic mass is 10.2. The van der Waals surface area contributed by atoms with Crippen molar-refractivity contribution in [1.82, 2.24) is 0 Å². The van der Waals surface area contributed by atoms with E-state index in [-0.39, 0.29) is 5.97 Å². The minimum absolute atomic E-state index is 0.335. The number of allylic oxidation sites excluding steroid dienone is 1. The maximum absolute atomic E-state index is 10.6. The molecule has 1 aliphatic carbocycles. The van der Waals surface area contributed by atoms with Gasteiger partial charge in [-0.2, -0.15) is 0 Å². The predicted molar refractivity (Wildman–Crippen MR) is 43.1 cm³/mol. The van der Waals surface area contributed by atoms with E-state index in [0.717, 1.165) is 12.8 Å². The predicted octanol–water partition coefficient (Wildman–Crippen LogP) is 1.83. The monoisotopic (exact) mass is 152 g/mol. The first kappa shape index (κ1) is 8.05. The summed E-state index contributed by atoms with van der Waals surface area (Å²) in [6, 6.07) is 0. The molecule has 0 aromatic heterocycles. The summed E-state index contributed by atoms with van der Waals surface area (Å²) in [5.41, 5.74) is 1.24. The fourth-order valence-corrected chi connectivity index (χ4v) is 1.09. The molecule has 0 N–H and O–H groups in total. The molecule has 0 unspecified atom stereocenters. The zero-order valence-corrected chi connectivity index (χ0v) is 6.51. The van der Waals surface area contributed by atoms with Gasteiger partial charge in [0.2, 0.25) is 0 Å². The summed E-state index contributed by atoms with van der Waals surface area (Å²) in [4.78, 5) is 10.6. The Morgan fingerprint density at radius 2 is 2.64 bits per heavy atom. The third kappa shape index (κ3) is 2.58. The first-order chi connectivity index (χ1) is 5.33. The van der Waals surface area contributed by atoms with Gasteiger partial charge < -0.3 is 4.74 Å². The molecule has 0 atom stereocenters. The molecule has 2 nitrogen and oxygen atoms in total. The van der Waals surface area contributed by atoms with Crippen LogP contribution in [0.25, 0.3) is 0 Å². The molecule has 11 heavy (non-hydrogen) atoms. The molecule has 0 aromatic rings. The number of ether oxygens (including phenoxy) is 1. The third-order valence-corrected chi connectivity index (χ3v) is 1.70. The van der Waals surface area contributed by atoms with Crippen LogP contribution in [0.2, 0.25) is 0 Å². The van der Waals surface area contributed by atoms with Gasteiger partial charge in [0, 0.05) is 6.08 Å². The van der Waals surface area contributed by atoms with E-state index in [2.05, 4.69) is 12.7 Å². The molecule has 0 fully saturated rings. The zero-order chi connectivity index (χ0) is 8.10. The Morgan fingerprint density at radius 3 is 3.18 bits per heavy atom. The zero-order valence-electron chi connectivity index (χ0n) is 6.51. The van der Waals surface area contributed by atoms with Gasteiger partial charge >= 0.3 is 5.97 Å². The van der Waals surface area contributed by atoms with E-state index in [1.807, 2.05) is 0 Å². The van der Waals surface area contributed by atoms with Gasteiger partial charge in [-0.25, -0.2) is 4.79 Å². The van der Waals surface area contributed by atoms with Gasteiger partial charge in [0.15, 0.2) is 0 Å². The molecular formula is C9H12O2. The van der Waals surface area contributed by atoms with Gasteiger partial charge in [-0.1, -0.05) is 12.7 Å². The van der Waals surface area contributed by atoms with Crippen LogP contribution in [0.5, 0.6) is 0 Å². The van der Waals surface area contributed by atoms with Crippen molar-refractivity contribution < 1.29 is 9.53 Å². The van der Waals surface area contributed by atoms with E-state index in [9.17, 15) is 4.79 Å². The fraction of sp³-hybridized carbons (Fsp3) is 0.444. The first-order valence-corrected chi connectivity index (χ1v) is 3.80. The van der Waals surface area contributed by atoms with Crippen molar-refractivity contribution in [3.63, 3.8) is 0 Å². The third-order valence-electron chi connectivity index (χ3n) is 1.70. The van der Waals surface area contributed by atoms with Crippen molar-refractivity contribution in [2.75, 3.05) is 6.61 Å². The van der Waals surface area contributed by atoms with Crippen LogP contribution < -0.4 is 0 Å². The second-order valence-corrected chi connectivity index (χ2v) is 2.57. The van der Waals surface area contributed by atoms with Gasteiger partial charge in [-0.3, -0.25) is 0 Å². The number of carbonyl (C=O) groups excluding carboxylic acids is 1. The molecule has 0 radical (unpaired) electrons. The van der Waals surface area contributed by atoms with Crippen molar-refractivity contribution in [1.29, 1.82) is 0 Å². The van der Waals surface area contributed by atoms with E-state index < -0.39 is 0 Å². The molecule has 60 valence electrons. The highest BCUT2D eigenvalue weighted by Gasteiger charge is 2.05. The Kier molecular flexibility index (Phi) is 2.90. The minimum atomic E-state index is -0.335. The maximum Gasteiger partial charge on any atom is 0.330 e. The van der Waals surface area contributed by atoms with Gasteiger partial charge in [0.25, 0.3) is 0 Å². The van der Waals surface area contributed by atoms with E-state index in [0.29, 0.717) is 6.61 Å². The molecule has 0 heterocycles. The van der Waals surface area contributed by atoms with Gasteiger partial charge in [0.1, 0.15) is 6.61 Å². The topological polar surface area (TPSA) is 26.3 Å². The quantitative estimate of drug-likeness (QED) is 0.350. The van der Waals surface area contributed by atoms with Gasteiger partial charge in [0.05, 0.1) is 0 Å². The lowest BCUT2D eigenvalue weighted by molar-refractivity contribution is -0.136. The molecule has 0 saturated carbocycles. The Labute approximate surface area is 66.5 Å². The molecular weight excluding hydrogens is 140 g/mol. The fourth-order valence-electron chi connectivity index (χ4n) is 1.09. The molecule has 0 amide bonds. The van der Waals surface area contributed by atoms with Gasteiger partial charge in [-0.05, 0) is 24.8 Å². The summed E-state index contributed by atoms with van der Waals surface area (Å²) < 4.78 is 4.85. The summed E-state index contributed by atoms with van der Waals surface area (Å²) in [6.07, 6.45) is 6.72.